The molecule has 1 aromatic carbocycles. The minimum absolute atomic E-state index is 0.226. The van der Waals surface area contributed by atoms with Crippen LogP contribution in [-0.4, -0.2) is 49.9 Å². The maximum atomic E-state index is 12.2. The number of piperidine rings is 1. The normalized spacial score (nSPS) is 16.8. The Labute approximate surface area is 171 Å². The lowest BCUT2D eigenvalue weighted by Gasteiger charge is -2.33. The summed E-state index contributed by atoms with van der Waals surface area (Å²) >= 11 is 0. The van der Waals surface area contributed by atoms with Gasteiger partial charge in [-0.2, -0.15) is 0 Å². The largest absolute Gasteiger partial charge is 0.460 e. The molecule has 8 nitrogen and oxygen atoms in total. The number of likely N-dealkylation sites (N-methyl/N-ethyl adjacent to an activating group) is 1. The average Bonchev–Trinajstić information content (AvgIpc) is 2.63. The molecule has 29 heavy (non-hydrogen) atoms. The van der Waals surface area contributed by atoms with Gasteiger partial charge in [-0.25, -0.2) is 0 Å². The van der Waals surface area contributed by atoms with E-state index in [2.05, 4.69) is 5.32 Å². The third-order valence-electron chi connectivity index (χ3n) is 4.67. The summed E-state index contributed by atoms with van der Waals surface area (Å²) in [7, 11) is 3.39. The van der Waals surface area contributed by atoms with Crippen LogP contribution in [0.1, 0.15) is 45.6 Å². The van der Waals surface area contributed by atoms with Crippen molar-refractivity contribution in [2.24, 2.45) is 0 Å². The van der Waals surface area contributed by atoms with E-state index in [1.807, 2.05) is 39.0 Å². The smallest absolute Gasteiger partial charge is 0.306 e. The van der Waals surface area contributed by atoms with Gasteiger partial charge in [0, 0.05) is 26.9 Å². The number of ether oxygens (including phenoxy) is 1. The topological polar surface area (TPSA) is 96.0 Å². The van der Waals surface area contributed by atoms with Gasteiger partial charge in [-0.15, -0.1) is 0 Å². The van der Waals surface area contributed by atoms with Gasteiger partial charge in [0.25, 0.3) is 0 Å². The molecule has 1 fully saturated rings. The van der Waals surface area contributed by atoms with Crippen molar-refractivity contribution in [2.45, 2.75) is 58.1 Å². The quantitative estimate of drug-likeness (QED) is 0.424. The van der Waals surface area contributed by atoms with E-state index in [0.717, 1.165) is 5.56 Å². The number of rotatable bonds is 7. The number of imide groups is 1. The van der Waals surface area contributed by atoms with Crippen LogP contribution in [0.3, 0.4) is 0 Å². The highest BCUT2D eigenvalue weighted by atomic mass is 16.6. The lowest BCUT2D eigenvalue weighted by molar-refractivity contribution is -0.154. The zero-order chi connectivity index (χ0) is 21.8. The Bertz CT molecular complexity index is 800. The van der Waals surface area contributed by atoms with E-state index in [9.17, 15) is 19.2 Å². The molecule has 1 aliphatic rings. The minimum Gasteiger partial charge on any atom is -0.460 e. The number of nitrogens with zero attached hydrogens (tertiary/aromatic N) is 2. The van der Waals surface area contributed by atoms with Gasteiger partial charge in [-0.3, -0.25) is 24.5 Å². The fraction of sp³-hybridized carbons (Fsp3) is 0.524. The molecule has 1 aromatic rings. The van der Waals surface area contributed by atoms with Crippen molar-refractivity contribution < 1.29 is 23.9 Å². The number of hydrogen-bond donors (Lipinski definition) is 1. The number of carbonyl (C=O) groups is 4. The second-order valence-electron chi connectivity index (χ2n) is 8.20. The third kappa shape index (κ3) is 6.04. The molecule has 0 bridgehead atoms. The maximum Gasteiger partial charge on any atom is 0.306 e. The molecule has 0 saturated carbocycles. The molecule has 1 aliphatic heterocycles. The highest BCUT2D eigenvalue weighted by molar-refractivity contribution is 6.02. The van der Waals surface area contributed by atoms with Crippen molar-refractivity contribution in [1.82, 2.24) is 5.32 Å². The molecule has 0 radical (unpaired) electrons. The first-order valence-corrected chi connectivity index (χ1v) is 9.61. The lowest BCUT2D eigenvalue weighted by atomic mass is 10.0. The van der Waals surface area contributed by atoms with E-state index in [1.54, 1.807) is 19.0 Å². The van der Waals surface area contributed by atoms with Crippen LogP contribution >= 0.6 is 0 Å². The Morgan fingerprint density at radius 2 is 1.93 bits per heavy atom. The molecule has 1 N–H and O–H groups in total. The first-order valence-electron chi connectivity index (χ1n) is 9.61. The van der Waals surface area contributed by atoms with Crippen LogP contribution in [0.5, 0.6) is 0 Å². The molecule has 0 aliphatic carbocycles. The van der Waals surface area contributed by atoms with Gasteiger partial charge in [0.05, 0.1) is 11.4 Å². The summed E-state index contributed by atoms with van der Waals surface area (Å²) in [6, 6.07) is 5.02. The van der Waals surface area contributed by atoms with Gasteiger partial charge in [-0.05, 0) is 51.3 Å². The third-order valence-corrected chi connectivity index (χ3v) is 4.67. The van der Waals surface area contributed by atoms with Crippen molar-refractivity contribution in [3.8, 4) is 0 Å². The van der Waals surface area contributed by atoms with Gasteiger partial charge in [0.15, 0.2) is 0 Å². The molecule has 3 amide bonds. The zero-order valence-electron chi connectivity index (χ0n) is 17.7. The van der Waals surface area contributed by atoms with Gasteiger partial charge in [0.2, 0.25) is 18.2 Å². The summed E-state index contributed by atoms with van der Waals surface area (Å²) in [5.74, 6) is -0.910. The van der Waals surface area contributed by atoms with Crippen LogP contribution in [0.2, 0.25) is 0 Å². The molecule has 158 valence electrons. The van der Waals surface area contributed by atoms with E-state index in [0.29, 0.717) is 30.6 Å². The lowest BCUT2D eigenvalue weighted by Crippen LogP contribution is -2.51. The van der Waals surface area contributed by atoms with Gasteiger partial charge < -0.3 is 14.5 Å². The van der Waals surface area contributed by atoms with E-state index in [1.165, 1.54) is 4.90 Å². The second kappa shape index (κ2) is 9.07. The number of esters is 1. The van der Waals surface area contributed by atoms with Crippen LogP contribution in [0.4, 0.5) is 11.4 Å². The SMILES string of the molecule is CN(C=O)c1cc(CCC(=O)OC(C)(C)C)ccc1N(C)C1CCC(=O)NC1=O. The van der Waals surface area contributed by atoms with E-state index < -0.39 is 11.6 Å². The van der Waals surface area contributed by atoms with E-state index in [-0.39, 0.29) is 30.6 Å². The van der Waals surface area contributed by atoms with E-state index in [4.69, 9.17) is 4.74 Å². The van der Waals surface area contributed by atoms with Crippen molar-refractivity contribution in [1.29, 1.82) is 0 Å². The maximum absolute atomic E-state index is 12.2. The number of benzene rings is 1. The zero-order valence-corrected chi connectivity index (χ0v) is 17.7. The number of anilines is 2. The summed E-state index contributed by atoms with van der Waals surface area (Å²) in [6.45, 7) is 5.46. The van der Waals surface area contributed by atoms with Crippen LogP contribution in [0.15, 0.2) is 18.2 Å². The fourth-order valence-corrected chi connectivity index (χ4v) is 3.22. The predicted octanol–water partition coefficient (Wildman–Crippen LogP) is 1.79. The fourth-order valence-electron chi connectivity index (χ4n) is 3.22. The Morgan fingerprint density at radius 3 is 2.52 bits per heavy atom. The van der Waals surface area contributed by atoms with Crippen molar-refractivity contribution in [3.05, 3.63) is 23.8 Å². The Hall–Kier alpha value is -2.90. The molecule has 1 atom stereocenters. The Morgan fingerprint density at radius 1 is 1.24 bits per heavy atom. The molecular weight excluding hydrogens is 374 g/mol. The number of aryl methyl sites for hydroxylation is 1. The number of carbonyl (C=O) groups excluding carboxylic acids is 4. The number of amides is 3. The summed E-state index contributed by atoms with van der Waals surface area (Å²) < 4.78 is 5.33. The Balaban J connectivity index is 2.21. The molecule has 1 saturated heterocycles. The summed E-state index contributed by atoms with van der Waals surface area (Å²) in [6.07, 6.45) is 2.06. The van der Waals surface area contributed by atoms with Gasteiger partial charge in [-0.1, -0.05) is 6.07 Å². The molecule has 1 unspecified atom stereocenters. The van der Waals surface area contributed by atoms with Crippen molar-refractivity contribution >= 4 is 35.6 Å². The first-order chi connectivity index (χ1) is 13.5. The minimum atomic E-state index is -0.533. The van der Waals surface area contributed by atoms with Crippen molar-refractivity contribution in [3.63, 3.8) is 0 Å². The highest BCUT2D eigenvalue weighted by Crippen LogP contribution is 2.32. The molecule has 1 heterocycles. The molecule has 0 spiro atoms. The monoisotopic (exact) mass is 403 g/mol. The molecule has 2 rings (SSSR count). The van der Waals surface area contributed by atoms with Crippen LogP contribution < -0.4 is 15.1 Å². The molecule has 0 aromatic heterocycles. The van der Waals surface area contributed by atoms with Crippen LogP contribution in [0, 0.1) is 0 Å². The number of hydrogen-bond acceptors (Lipinski definition) is 6. The first kappa shape index (κ1) is 22.4. The summed E-state index contributed by atoms with van der Waals surface area (Å²) in [5, 5.41) is 2.35. The van der Waals surface area contributed by atoms with Gasteiger partial charge in [0.1, 0.15) is 11.6 Å². The Kier molecular flexibility index (Phi) is 7.00. The van der Waals surface area contributed by atoms with Crippen LogP contribution in [-0.2, 0) is 30.3 Å². The highest BCUT2D eigenvalue weighted by Gasteiger charge is 2.31. The summed E-state index contributed by atoms with van der Waals surface area (Å²) in [4.78, 5) is 50.2. The second-order valence-corrected chi connectivity index (χ2v) is 8.20. The van der Waals surface area contributed by atoms with Crippen molar-refractivity contribution in [2.75, 3.05) is 23.9 Å². The summed E-state index contributed by atoms with van der Waals surface area (Å²) in [5.41, 5.74) is 1.65. The molecular formula is C21H29N3O5. The standard InChI is InChI=1S/C21H29N3O5/c1-21(2,3)29-19(27)11-7-14-6-8-15(17(12-14)23(4)13-25)24(5)16-9-10-18(26)22-20(16)28/h6,8,12-13,16H,7,9-11H2,1-5H3,(H,22,26,28). The predicted molar refractivity (Wildman–Crippen MR) is 110 cm³/mol. The number of nitrogens with one attached hydrogen (secondary N) is 1. The van der Waals surface area contributed by atoms with Crippen LogP contribution in [0.25, 0.3) is 0 Å². The molecule has 8 heteroatoms. The van der Waals surface area contributed by atoms with Gasteiger partial charge >= 0.3 is 5.97 Å². The average molecular weight is 403 g/mol. The van der Waals surface area contributed by atoms with E-state index >= 15 is 0 Å².